The van der Waals surface area contributed by atoms with Crippen molar-refractivity contribution in [2.24, 2.45) is 0 Å². The number of aliphatic hydroxyl groups excluding tert-OH is 1. The lowest BCUT2D eigenvalue weighted by Crippen LogP contribution is -2.40. The third-order valence-corrected chi connectivity index (χ3v) is 2.62. The second-order valence-corrected chi connectivity index (χ2v) is 4.32. The van der Waals surface area contributed by atoms with Crippen LogP contribution in [-0.2, 0) is 6.54 Å². The number of carbonyl (C=O) groups is 1. The van der Waals surface area contributed by atoms with Crippen LogP contribution in [0.4, 0.5) is 9.18 Å². The summed E-state index contributed by atoms with van der Waals surface area (Å²) in [6, 6.07) is 4.36. The minimum atomic E-state index is -0.294. The predicted molar refractivity (Wildman–Crippen MR) is 67.7 cm³/mol. The number of amides is 2. The molecule has 5 heteroatoms. The fraction of sp³-hybridized carbons (Fsp3) is 0.462. The van der Waals surface area contributed by atoms with Gasteiger partial charge in [-0.1, -0.05) is 12.1 Å². The Kier molecular flexibility index (Phi) is 5.58. The zero-order valence-electron chi connectivity index (χ0n) is 10.7. The minimum absolute atomic E-state index is 0.0403. The summed E-state index contributed by atoms with van der Waals surface area (Å²) in [5, 5.41) is 14.1. The molecule has 0 fully saturated rings. The molecule has 0 saturated carbocycles. The number of hydrogen-bond acceptors (Lipinski definition) is 2. The van der Waals surface area contributed by atoms with Crippen molar-refractivity contribution in [3.63, 3.8) is 0 Å². The van der Waals surface area contributed by atoms with Crippen LogP contribution in [-0.4, -0.2) is 23.8 Å². The third-order valence-electron chi connectivity index (χ3n) is 2.62. The molecule has 3 N–H and O–H groups in total. The maximum atomic E-state index is 13.0. The van der Waals surface area contributed by atoms with E-state index in [1.54, 1.807) is 19.1 Å². The average Bonchev–Trinajstić information content (AvgIpc) is 2.31. The number of aliphatic hydroxyl groups is 1. The minimum Gasteiger partial charge on any atom is -0.396 e. The highest BCUT2D eigenvalue weighted by Crippen LogP contribution is 2.08. The molecule has 0 bridgehead atoms. The van der Waals surface area contributed by atoms with Crippen LogP contribution in [0.25, 0.3) is 0 Å². The third kappa shape index (κ3) is 4.71. The molecular formula is C13H19FN2O2. The zero-order valence-corrected chi connectivity index (χ0v) is 10.7. The molecule has 18 heavy (non-hydrogen) atoms. The normalized spacial score (nSPS) is 12.0. The Bertz CT molecular complexity index is 410. The number of halogens is 1. The van der Waals surface area contributed by atoms with E-state index in [2.05, 4.69) is 10.6 Å². The van der Waals surface area contributed by atoms with Gasteiger partial charge in [0.1, 0.15) is 5.82 Å². The molecule has 1 aromatic carbocycles. The molecule has 0 aliphatic rings. The standard InChI is InChI=1S/C13H19FN2O2/c1-9-7-11(3-4-12(9)14)8-15-13(18)16-10(2)5-6-17/h3-4,7,10,17H,5-6,8H2,1-2H3,(H2,15,16,18)/t10-/m1/s1. The monoisotopic (exact) mass is 254 g/mol. The first kappa shape index (κ1) is 14.4. The van der Waals surface area contributed by atoms with E-state index < -0.39 is 0 Å². The molecule has 0 aliphatic carbocycles. The van der Waals surface area contributed by atoms with Crippen LogP contribution in [0.3, 0.4) is 0 Å². The number of aryl methyl sites for hydroxylation is 1. The molecule has 0 spiro atoms. The van der Waals surface area contributed by atoms with Crippen LogP contribution in [0.15, 0.2) is 18.2 Å². The topological polar surface area (TPSA) is 61.4 Å². The summed E-state index contributed by atoms with van der Waals surface area (Å²) < 4.78 is 13.0. The van der Waals surface area contributed by atoms with Gasteiger partial charge in [-0.2, -0.15) is 0 Å². The van der Waals surface area contributed by atoms with Gasteiger partial charge in [0.15, 0.2) is 0 Å². The number of nitrogens with one attached hydrogen (secondary N) is 2. The van der Waals surface area contributed by atoms with Crippen LogP contribution in [0.5, 0.6) is 0 Å². The van der Waals surface area contributed by atoms with Crippen molar-refractivity contribution in [2.45, 2.75) is 32.9 Å². The number of rotatable bonds is 5. The Morgan fingerprint density at radius 1 is 1.50 bits per heavy atom. The maximum absolute atomic E-state index is 13.0. The SMILES string of the molecule is Cc1cc(CNC(=O)N[C@H](C)CCO)ccc1F. The molecule has 1 aromatic rings. The average molecular weight is 254 g/mol. The highest BCUT2D eigenvalue weighted by Gasteiger charge is 2.06. The van der Waals surface area contributed by atoms with Crippen LogP contribution < -0.4 is 10.6 Å². The molecule has 0 heterocycles. The van der Waals surface area contributed by atoms with Gasteiger partial charge < -0.3 is 15.7 Å². The second-order valence-electron chi connectivity index (χ2n) is 4.32. The fourth-order valence-electron chi connectivity index (χ4n) is 1.54. The first-order chi connectivity index (χ1) is 8.52. The Morgan fingerprint density at radius 3 is 2.83 bits per heavy atom. The summed E-state index contributed by atoms with van der Waals surface area (Å²) in [5.41, 5.74) is 1.40. The van der Waals surface area contributed by atoms with Crippen molar-refractivity contribution in [1.82, 2.24) is 10.6 Å². The van der Waals surface area contributed by atoms with Crippen LogP contribution in [0.1, 0.15) is 24.5 Å². The van der Waals surface area contributed by atoms with Gasteiger partial charge in [-0.05, 0) is 37.5 Å². The van der Waals surface area contributed by atoms with Crippen molar-refractivity contribution in [3.05, 3.63) is 35.1 Å². The van der Waals surface area contributed by atoms with E-state index in [4.69, 9.17) is 5.11 Å². The fourth-order valence-corrected chi connectivity index (χ4v) is 1.54. The molecule has 0 saturated heterocycles. The van der Waals surface area contributed by atoms with Crippen molar-refractivity contribution >= 4 is 6.03 Å². The van der Waals surface area contributed by atoms with E-state index in [0.29, 0.717) is 18.5 Å². The van der Waals surface area contributed by atoms with Gasteiger partial charge >= 0.3 is 6.03 Å². The number of carbonyl (C=O) groups excluding carboxylic acids is 1. The Balaban J connectivity index is 2.40. The van der Waals surface area contributed by atoms with Crippen LogP contribution >= 0.6 is 0 Å². The number of hydrogen-bond donors (Lipinski definition) is 3. The van der Waals surface area contributed by atoms with Crippen LogP contribution in [0.2, 0.25) is 0 Å². The Hall–Kier alpha value is -1.62. The van der Waals surface area contributed by atoms with Gasteiger partial charge in [0.05, 0.1) is 0 Å². The lowest BCUT2D eigenvalue weighted by Gasteiger charge is -2.13. The van der Waals surface area contributed by atoms with Crippen LogP contribution in [0, 0.1) is 12.7 Å². The summed E-state index contributed by atoms with van der Waals surface area (Å²) in [7, 11) is 0. The molecule has 0 radical (unpaired) electrons. The van der Waals surface area contributed by atoms with Gasteiger partial charge in [-0.3, -0.25) is 0 Å². The van der Waals surface area contributed by atoms with Crippen molar-refractivity contribution in [1.29, 1.82) is 0 Å². The van der Waals surface area contributed by atoms with E-state index in [1.807, 2.05) is 6.92 Å². The summed E-state index contributed by atoms with van der Waals surface area (Å²) >= 11 is 0. The smallest absolute Gasteiger partial charge is 0.315 e. The maximum Gasteiger partial charge on any atom is 0.315 e. The highest BCUT2D eigenvalue weighted by atomic mass is 19.1. The second kappa shape index (κ2) is 6.96. The number of urea groups is 1. The molecule has 100 valence electrons. The molecule has 2 amide bonds. The quantitative estimate of drug-likeness (QED) is 0.749. The number of benzene rings is 1. The summed E-state index contributed by atoms with van der Waals surface area (Å²) in [6.07, 6.45) is 0.517. The molecule has 0 aromatic heterocycles. The molecular weight excluding hydrogens is 235 g/mol. The van der Waals surface area contributed by atoms with E-state index in [1.165, 1.54) is 6.07 Å². The predicted octanol–water partition coefficient (Wildman–Crippen LogP) is 1.70. The first-order valence-electron chi connectivity index (χ1n) is 5.93. The van der Waals surface area contributed by atoms with E-state index in [-0.39, 0.29) is 24.5 Å². The van der Waals surface area contributed by atoms with Gasteiger partial charge in [0.25, 0.3) is 0 Å². The molecule has 0 aliphatic heterocycles. The van der Waals surface area contributed by atoms with Crippen molar-refractivity contribution < 1.29 is 14.3 Å². The molecule has 1 atom stereocenters. The summed E-state index contributed by atoms with van der Waals surface area (Å²) in [6.45, 7) is 3.89. The van der Waals surface area contributed by atoms with E-state index >= 15 is 0 Å². The highest BCUT2D eigenvalue weighted by molar-refractivity contribution is 5.74. The lowest BCUT2D eigenvalue weighted by atomic mass is 10.1. The van der Waals surface area contributed by atoms with Crippen molar-refractivity contribution in [3.8, 4) is 0 Å². The molecule has 1 rings (SSSR count). The zero-order chi connectivity index (χ0) is 13.5. The van der Waals surface area contributed by atoms with E-state index in [9.17, 15) is 9.18 Å². The van der Waals surface area contributed by atoms with Gasteiger partial charge in [-0.25, -0.2) is 9.18 Å². The largest absolute Gasteiger partial charge is 0.396 e. The van der Waals surface area contributed by atoms with E-state index in [0.717, 1.165) is 5.56 Å². The molecule has 4 nitrogen and oxygen atoms in total. The first-order valence-corrected chi connectivity index (χ1v) is 5.93. The Labute approximate surface area is 106 Å². The van der Waals surface area contributed by atoms with Gasteiger partial charge in [0, 0.05) is 19.2 Å². The summed E-state index contributed by atoms with van der Waals surface area (Å²) in [5.74, 6) is -0.250. The van der Waals surface area contributed by atoms with Gasteiger partial charge in [0.2, 0.25) is 0 Å². The summed E-state index contributed by atoms with van der Waals surface area (Å²) in [4.78, 5) is 11.5. The Morgan fingerprint density at radius 2 is 2.22 bits per heavy atom. The lowest BCUT2D eigenvalue weighted by molar-refractivity contribution is 0.230. The van der Waals surface area contributed by atoms with Crippen molar-refractivity contribution in [2.75, 3.05) is 6.61 Å². The van der Waals surface area contributed by atoms with Gasteiger partial charge in [-0.15, -0.1) is 0 Å². The molecule has 0 unspecified atom stereocenters.